The molecule has 0 atom stereocenters. The Bertz CT molecular complexity index is 959. The summed E-state index contributed by atoms with van der Waals surface area (Å²) in [7, 11) is 0. The van der Waals surface area contributed by atoms with E-state index in [0.717, 1.165) is 11.3 Å². The Morgan fingerprint density at radius 2 is 1.28 bits per heavy atom. The zero-order valence-corrected chi connectivity index (χ0v) is 17.1. The molecule has 0 aliphatic carbocycles. The van der Waals surface area contributed by atoms with Gasteiger partial charge in [-0.05, 0) is 62.7 Å². The van der Waals surface area contributed by atoms with Crippen molar-refractivity contribution < 1.29 is 9.59 Å². The highest BCUT2D eigenvalue weighted by molar-refractivity contribution is 6.06. The largest absolute Gasteiger partial charge is 0.347 e. The van der Waals surface area contributed by atoms with Crippen LogP contribution >= 0.6 is 0 Å². The highest BCUT2D eigenvalue weighted by Gasteiger charge is 2.20. The van der Waals surface area contributed by atoms with Crippen LogP contribution < -0.4 is 10.2 Å². The van der Waals surface area contributed by atoms with Crippen LogP contribution in [0.25, 0.3) is 0 Å². The molecule has 4 nitrogen and oxygen atoms in total. The summed E-state index contributed by atoms with van der Waals surface area (Å²) in [4.78, 5) is 27.4. The molecule has 3 aromatic rings. The number of amides is 2. The number of hydrogen-bond donors (Lipinski definition) is 1. The monoisotopic (exact) mass is 386 g/mol. The first-order valence-corrected chi connectivity index (χ1v) is 9.67. The molecule has 0 unspecified atom stereocenters. The second-order valence-electron chi connectivity index (χ2n) is 7.99. The number of benzene rings is 3. The van der Waals surface area contributed by atoms with Crippen LogP contribution in [-0.2, 0) is 6.54 Å². The maximum absolute atomic E-state index is 13.3. The summed E-state index contributed by atoms with van der Waals surface area (Å²) in [6.45, 7) is 6.27. The fourth-order valence-electron chi connectivity index (χ4n) is 2.99. The molecule has 29 heavy (non-hydrogen) atoms. The first-order valence-electron chi connectivity index (χ1n) is 9.67. The molecule has 0 bridgehead atoms. The summed E-state index contributed by atoms with van der Waals surface area (Å²) < 4.78 is 0. The first-order chi connectivity index (χ1) is 13.8. The fraction of sp³-hybridized carbons (Fsp3) is 0.200. The van der Waals surface area contributed by atoms with Crippen molar-refractivity contribution in [1.29, 1.82) is 0 Å². The topological polar surface area (TPSA) is 49.4 Å². The van der Waals surface area contributed by atoms with Crippen molar-refractivity contribution in [2.24, 2.45) is 0 Å². The van der Waals surface area contributed by atoms with Crippen LogP contribution in [0.2, 0.25) is 0 Å². The lowest BCUT2D eigenvalue weighted by Gasteiger charge is -2.23. The van der Waals surface area contributed by atoms with Gasteiger partial charge in [-0.1, -0.05) is 48.5 Å². The maximum Gasteiger partial charge on any atom is 0.258 e. The summed E-state index contributed by atoms with van der Waals surface area (Å²) in [6, 6.07) is 26.3. The Morgan fingerprint density at radius 1 is 0.759 bits per heavy atom. The van der Waals surface area contributed by atoms with Crippen molar-refractivity contribution in [3.05, 3.63) is 102 Å². The van der Waals surface area contributed by atoms with E-state index in [9.17, 15) is 9.59 Å². The van der Waals surface area contributed by atoms with Crippen molar-refractivity contribution in [2.75, 3.05) is 4.90 Å². The van der Waals surface area contributed by atoms with Crippen LogP contribution in [0.4, 0.5) is 5.69 Å². The van der Waals surface area contributed by atoms with Crippen LogP contribution in [0.3, 0.4) is 0 Å². The van der Waals surface area contributed by atoms with E-state index in [-0.39, 0.29) is 17.4 Å². The summed E-state index contributed by atoms with van der Waals surface area (Å²) in [5, 5.41) is 2.93. The Labute approximate surface area is 172 Å². The van der Waals surface area contributed by atoms with E-state index in [1.54, 1.807) is 29.2 Å². The van der Waals surface area contributed by atoms with Gasteiger partial charge in [0.1, 0.15) is 0 Å². The summed E-state index contributed by atoms with van der Waals surface area (Å²) in [5.41, 5.74) is 2.63. The van der Waals surface area contributed by atoms with Gasteiger partial charge >= 0.3 is 0 Å². The lowest BCUT2D eigenvalue weighted by atomic mass is 10.1. The van der Waals surface area contributed by atoms with E-state index in [4.69, 9.17) is 0 Å². The van der Waals surface area contributed by atoms with Crippen molar-refractivity contribution in [2.45, 2.75) is 32.9 Å². The number of carbonyl (C=O) groups is 2. The maximum atomic E-state index is 13.3. The lowest BCUT2D eigenvalue weighted by Crippen LogP contribution is -2.40. The third-order valence-corrected chi connectivity index (χ3v) is 4.38. The Morgan fingerprint density at radius 3 is 1.83 bits per heavy atom. The zero-order valence-electron chi connectivity index (χ0n) is 17.1. The third-order valence-electron chi connectivity index (χ3n) is 4.38. The second kappa shape index (κ2) is 8.74. The molecule has 4 heteroatoms. The summed E-state index contributed by atoms with van der Waals surface area (Å²) in [5.74, 6) is -0.261. The smallest absolute Gasteiger partial charge is 0.258 e. The first kappa shape index (κ1) is 20.3. The molecule has 0 aromatic heterocycles. The number of rotatable bonds is 5. The van der Waals surface area contributed by atoms with Gasteiger partial charge in [0.2, 0.25) is 0 Å². The molecule has 0 aliphatic rings. The lowest BCUT2D eigenvalue weighted by molar-refractivity contribution is 0.0917. The fourth-order valence-corrected chi connectivity index (χ4v) is 2.99. The number of carbonyl (C=O) groups excluding carboxylic acids is 2. The highest BCUT2D eigenvalue weighted by Crippen LogP contribution is 2.20. The Balaban J connectivity index is 1.85. The number of hydrogen-bond acceptors (Lipinski definition) is 2. The normalized spacial score (nSPS) is 11.0. The molecule has 0 saturated heterocycles. The summed E-state index contributed by atoms with van der Waals surface area (Å²) in [6.07, 6.45) is 0. The van der Waals surface area contributed by atoms with Crippen LogP contribution in [-0.4, -0.2) is 17.4 Å². The van der Waals surface area contributed by atoms with Gasteiger partial charge in [0.25, 0.3) is 11.8 Å². The van der Waals surface area contributed by atoms with E-state index in [0.29, 0.717) is 17.7 Å². The predicted octanol–water partition coefficient (Wildman–Crippen LogP) is 5.06. The van der Waals surface area contributed by atoms with Gasteiger partial charge in [0.15, 0.2) is 0 Å². The van der Waals surface area contributed by atoms with E-state index in [1.807, 2.05) is 81.4 Å². The van der Waals surface area contributed by atoms with Gasteiger partial charge in [-0.15, -0.1) is 0 Å². The Hall–Kier alpha value is -3.40. The molecule has 0 saturated carbocycles. The van der Waals surface area contributed by atoms with Crippen LogP contribution in [0, 0.1) is 0 Å². The van der Waals surface area contributed by atoms with E-state index < -0.39 is 0 Å². The van der Waals surface area contributed by atoms with Gasteiger partial charge in [0.05, 0.1) is 6.54 Å². The number of anilines is 1. The minimum absolute atomic E-state index is 0.108. The standard InChI is InChI=1S/C25H26N2O2/c1-25(2,3)26-23(28)20-14-16-21(17-15-20)24(29)27(22-12-8-5-9-13-22)18-19-10-6-4-7-11-19/h4-17H,18H2,1-3H3,(H,26,28). The van der Waals surface area contributed by atoms with Crippen molar-refractivity contribution in [1.82, 2.24) is 5.32 Å². The van der Waals surface area contributed by atoms with Gasteiger partial charge < -0.3 is 10.2 Å². The zero-order chi connectivity index (χ0) is 20.9. The van der Waals surface area contributed by atoms with Crippen molar-refractivity contribution in [3.63, 3.8) is 0 Å². The van der Waals surface area contributed by atoms with Gasteiger partial charge in [-0.3, -0.25) is 9.59 Å². The predicted molar refractivity (Wildman–Crippen MR) is 117 cm³/mol. The molecule has 148 valence electrons. The molecule has 0 spiro atoms. The van der Waals surface area contributed by atoms with Gasteiger partial charge in [-0.2, -0.15) is 0 Å². The van der Waals surface area contributed by atoms with Crippen LogP contribution in [0.15, 0.2) is 84.9 Å². The molecular formula is C25H26N2O2. The second-order valence-corrected chi connectivity index (χ2v) is 7.99. The minimum atomic E-state index is -0.314. The SMILES string of the molecule is CC(C)(C)NC(=O)c1ccc(C(=O)N(Cc2ccccc2)c2ccccc2)cc1. The van der Waals surface area contributed by atoms with Gasteiger partial charge in [0, 0.05) is 22.4 Å². The average molecular weight is 386 g/mol. The van der Waals surface area contributed by atoms with Crippen LogP contribution in [0.1, 0.15) is 47.1 Å². The third kappa shape index (κ3) is 5.55. The number of para-hydroxylation sites is 1. The summed E-state index contributed by atoms with van der Waals surface area (Å²) >= 11 is 0. The van der Waals surface area contributed by atoms with E-state index in [2.05, 4.69) is 5.32 Å². The number of nitrogens with one attached hydrogen (secondary N) is 1. The molecule has 3 aromatic carbocycles. The quantitative estimate of drug-likeness (QED) is 0.666. The highest BCUT2D eigenvalue weighted by atomic mass is 16.2. The Kier molecular flexibility index (Phi) is 6.13. The minimum Gasteiger partial charge on any atom is -0.347 e. The molecule has 0 aliphatic heterocycles. The van der Waals surface area contributed by atoms with Crippen molar-refractivity contribution in [3.8, 4) is 0 Å². The molecule has 0 radical (unpaired) electrons. The molecule has 3 rings (SSSR count). The van der Waals surface area contributed by atoms with Crippen molar-refractivity contribution >= 4 is 17.5 Å². The molecule has 1 N–H and O–H groups in total. The van der Waals surface area contributed by atoms with Gasteiger partial charge in [-0.25, -0.2) is 0 Å². The van der Waals surface area contributed by atoms with E-state index >= 15 is 0 Å². The molecular weight excluding hydrogens is 360 g/mol. The molecule has 0 heterocycles. The number of nitrogens with zero attached hydrogens (tertiary/aromatic N) is 1. The molecule has 0 fully saturated rings. The average Bonchev–Trinajstić information content (AvgIpc) is 2.72. The van der Waals surface area contributed by atoms with Crippen LogP contribution in [0.5, 0.6) is 0 Å². The molecule has 2 amide bonds. The van der Waals surface area contributed by atoms with E-state index in [1.165, 1.54) is 0 Å².